The summed E-state index contributed by atoms with van der Waals surface area (Å²) in [7, 11) is 1.47. The normalized spacial score (nSPS) is 20.3. The van der Waals surface area contributed by atoms with Crippen LogP contribution in [0.3, 0.4) is 0 Å². The van der Waals surface area contributed by atoms with E-state index in [9.17, 15) is 9.59 Å². The zero-order valence-electron chi connectivity index (χ0n) is 8.80. The number of rotatable bonds is 2. The highest BCUT2D eigenvalue weighted by atomic mass is 16.2. The largest absolute Gasteiger partial charge is 0.396 e. The van der Waals surface area contributed by atoms with Crippen molar-refractivity contribution in [1.29, 1.82) is 0 Å². The topological polar surface area (TPSA) is 88.3 Å². The standard InChI is InChI=1S/C10H12N4O2/c1-14-8(15)5-7(10(14)16)13-9-6(11)3-2-4-12-9/h2-4,7H,5,11H2,1H3,(H,12,13). The number of amides is 2. The van der Waals surface area contributed by atoms with Crippen LogP contribution in [-0.4, -0.2) is 34.8 Å². The Morgan fingerprint density at radius 2 is 2.31 bits per heavy atom. The van der Waals surface area contributed by atoms with Gasteiger partial charge in [-0.1, -0.05) is 0 Å². The van der Waals surface area contributed by atoms with Crippen molar-refractivity contribution in [2.45, 2.75) is 12.5 Å². The van der Waals surface area contributed by atoms with Crippen LogP contribution >= 0.6 is 0 Å². The van der Waals surface area contributed by atoms with E-state index in [2.05, 4.69) is 10.3 Å². The Labute approximate surface area is 92.4 Å². The number of hydrogen-bond acceptors (Lipinski definition) is 5. The summed E-state index contributed by atoms with van der Waals surface area (Å²) < 4.78 is 0. The number of likely N-dealkylation sites (tertiary alicyclic amines) is 1. The number of hydrogen-bond donors (Lipinski definition) is 2. The van der Waals surface area contributed by atoms with Crippen LogP contribution in [0.2, 0.25) is 0 Å². The number of aromatic nitrogens is 1. The van der Waals surface area contributed by atoms with Gasteiger partial charge in [-0.3, -0.25) is 14.5 Å². The third-order valence-corrected chi connectivity index (χ3v) is 2.53. The molecule has 2 rings (SSSR count). The number of likely N-dealkylation sites (N-methyl/N-ethyl adjacent to an activating group) is 1. The van der Waals surface area contributed by atoms with Gasteiger partial charge >= 0.3 is 0 Å². The Hall–Kier alpha value is -2.11. The van der Waals surface area contributed by atoms with Gasteiger partial charge in [-0.15, -0.1) is 0 Å². The molecule has 1 aliphatic rings. The second-order valence-corrected chi connectivity index (χ2v) is 3.63. The monoisotopic (exact) mass is 220 g/mol. The summed E-state index contributed by atoms with van der Waals surface area (Å²) in [5.41, 5.74) is 6.13. The van der Waals surface area contributed by atoms with E-state index in [4.69, 9.17) is 5.73 Å². The Kier molecular flexibility index (Phi) is 2.47. The van der Waals surface area contributed by atoms with Gasteiger partial charge in [0.2, 0.25) is 5.91 Å². The van der Waals surface area contributed by atoms with Crippen molar-refractivity contribution in [1.82, 2.24) is 9.88 Å². The lowest BCUT2D eigenvalue weighted by Gasteiger charge is -2.12. The Morgan fingerprint density at radius 1 is 1.56 bits per heavy atom. The molecule has 1 unspecified atom stereocenters. The zero-order valence-corrected chi connectivity index (χ0v) is 8.80. The number of imide groups is 1. The molecular formula is C10H12N4O2. The zero-order chi connectivity index (χ0) is 11.7. The first-order valence-electron chi connectivity index (χ1n) is 4.87. The van der Waals surface area contributed by atoms with E-state index in [1.807, 2.05) is 0 Å². The van der Waals surface area contributed by atoms with E-state index in [0.717, 1.165) is 4.90 Å². The first-order valence-corrected chi connectivity index (χ1v) is 4.87. The summed E-state index contributed by atoms with van der Waals surface area (Å²) in [5, 5.41) is 2.87. The summed E-state index contributed by atoms with van der Waals surface area (Å²) in [6, 6.07) is 2.82. The van der Waals surface area contributed by atoms with Crippen molar-refractivity contribution < 1.29 is 9.59 Å². The lowest BCUT2D eigenvalue weighted by molar-refractivity contribution is -0.136. The van der Waals surface area contributed by atoms with Gasteiger partial charge in [-0.05, 0) is 12.1 Å². The van der Waals surface area contributed by atoms with Crippen molar-refractivity contribution in [3.05, 3.63) is 18.3 Å². The molecule has 3 N–H and O–H groups in total. The van der Waals surface area contributed by atoms with E-state index in [1.165, 1.54) is 7.05 Å². The SMILES string of the molecule is CN1C(=O)CC(Nc2ncccc2N)C1=O. The number of anilines is 2. The molecule has 6 heteroatoms. The van der Waals surface area contributed by atoms with E-state index >= 15 is 0 Å². The summed E-state index contributed by atoms with van der Waals surface area (Å²) >= 11 is 0. The molecule has 0 aliphatic carbocycles. The molecule has 0 radical (unpaired) electrons. The molecule has 6 nitrogen and oxygen atoms in total. The Morgan fingerprint density at radius 3 is 2.88 bits per heavy atom. The van der Waals surface area contributed by atoms with Crippen LogP contribution in [-0.2, 0) is 9.59 Å². The number of nitrogen functional groups attached to an aromatic ring is 1. The third kappa shape index (κ3) is 1.69. The average Bonchev–Trinajstić information content (AvgIpc) is 2.50. The maximum absolute atomic E-state index is 11.6. The maximum atomic E-state index is 11.6. The van der Waals surface area contributed by atoms with Crippen LogP contribution in [0.25, 0.3) is 0 Å². The molecule has 84 valence electrons. The summed E-state index contributed by atoms with van der Waals surface area (Å²) in [5.74, 6) is -0.0176. The molecule has 0 spiro atoms. The molecule has 1 aromatic rings. The van der Waals surface area contributed by atoms with Gasteiger partial charge in [0.05, 0.1) is 12.1 Å². The molecule has 1 aromatic heterocycles. The van der Waals surface area contributed by atoms with Crippen LogP contribution in [0.4, 0.5) is 11.5 Å². The lowest BCUT2D eigenvalue weighted by atomic mass is 10.2. The number of nitrogens with zero attached hydrogens (tertiary/aromatic N) is 2. The Balaban J connectivity index is 2.15. The minimum Gasteiger partial charge on any atom is -0.396 e. The maximum Gasteiger partial charge on any atom is 0.251 e. The summed E-state index contributed by atoms with van der Waals surface area (Å²) in [6.45, 7) is 0. The first kappa shape index (κ1) is 10.4. The second kappa shape index (κ2) is 3.80. The highest BCUT2D eigenvalue weighted by molar-refractivity contribution is 6.06. The fourth-order valence-corrected chi connectivity index (χ4v) is 1.57. The average molecular weight is 220 g/mol. The predicted molar refractivity (Wildman–Crippen MR) is 58.5 cm³/mol. The lowest BCUT2D eigenvalue weighted by Crippen LogP contribution is -2.32. The third-order valence-electron chi connectivity index (χ3n) is 2.53. The van der Waals surface area contributed by atoms with Gasteiger partial charge in [0.15, 0.2) is 0 Å². The number of pyridine rings is 1. The molecule has 0 bridgehead atoms. The van der Waals surface area contributed by atoms with Gasteiger partial charge in [-0.25, -0.2) is 4.98 Å². The van der Waals surface area contributed by atoms with E-state index < -0.39 is 6.04 Å². The predicted octanol–water partition coefficient (Wildman–Crippen LogP) is -0.167. The van der Waals surface area contributed by atoms with E-state index in [-0.39, 0.29) is 18.2 Å². The second-order valence-electron chi connectivity index (χ2n) is 3.63. The minimum atomic E-state index is -0.560. The molecule has 2 heterocycles. The van der Waals surface area contributed by atoms with Crippen LogP contribution in [0.1, 0.15) is 6.42 Å². The van der Waals surface area contributed by atoms with Gasteiger partial charge < -0.3 is 11.1 Å². The number of nitrogens with one attached hydrogen (secondary N) is 1. The number of carbonyl (C=O) groups excluding carboxylic acids is 2. The number of nitrogens with two attached hydrogens (primary N) is 1. The van der Waals surface area contributed by atoms with E-state index in [0.29, 0.717) is 11.5 Å². The van der Waals surface area contributed by atoms with Crippen molar-refractivity contribution in [3.8, 4) is 0 Å². The molecule has 1 aliphatic heterocycles. The summed E-state index contributed by atoms with van der Waals surface area (Å²) in [4.78, 5) is 28.0. The van der Waals surface area contributed by atoms with Crippen molar-refractivity contribution in [3.63, 3.8) is 0 Å². The Bertz CT molecular complexity index is 446. The van der Waals surface area contributed by atoms with Gasteiger partial charge in [-0.2, -0.15) is 0 Å². The molecule has 0 saturated carbocycles. The van der Waals surface area contributed by atoms with Gasteiger partial charge in [0.25, 0.3) is 5.91 Å². The molecule has 0 aromatic carbocycles. The minimum absolute atomic E-state index is 0.144. The van der Waals surface area contributed by atoms with Crippen LogP contribution in [0.5, 0.6) is 0 Å². The summed E-state index contributed by atoms with van der Waals surface area (Å²) in [6.07, 6.45) is 1.72. The highest BCUT2D eigenvalue weighted by Gasteiger charge is 2.36. The molecule has 16 heavy (non-hydrogen) atoms. The smallest absolute Gasteiger partial charge is 0.251 e. The first-order chi connectivity index (χ1) is 7.59. The molecule has 2 amide bonds. The highest BCUT2D eigenvalue weighted by Crippen LogP contribution is 2.19. The van der Waals surface area contributed by atoms with Gasteiger partial charge in [0.1, 0.15) is 11.9 Å². The van der Waals surface area contributed by atoms with Crippen LogP contribution in [0.15, 0.2) is 18.3 Å². The molecule has 1 saturated heterocycles. The van der Waals surface area contributed by atoms with Crippen LogP contribution < -0.4 is 11.1 Å². The van der Waals surface area contributed by atoms with Crippen molar-refractivity contribution in [2.24, 2.45) is 0 Å². The fourth-order valence-electron chi connectivity index (χ4n) is 1.57. The van der Waals surface area contributed by atoms with E-state index in [1.54, 1.807) is 18.3 Å². The molecule has 1 atom stereocenters. The quantitative estimate of drug-likeness (QED) is 0.676. The van der Waals surface area contributed by atoms with Crippen LogP contribution in [0, 0.1) is 0 Å². The van der Waals surface area contributed by atoms with Crippen molar-refractivity contribution in [2.75, 3.05) is 18.1 Å². The molecular weight excluding hydrogens is 208 g/mol. The fraction of sp³-hybridized carbons (Fsp3) is 0.300. The van der Waals surface area contributed by atoms with Crippen molar-refractivity contribution >= 4 is 23.3 Å². The van der Waals surface area contributed by atoms with Gasteiger partial charge in [0, 0.05) is 13.2 Å². The molecule has 1 fully saturated rings. The number of carbonyl (C=O) groups is 2.